The Balaban J connectivity index is 2.22. The first-order valence-corrected chi connectivity index (χ1v) is 7.52. The zero-order valence-electron chi connectivity index (χ0n) is 9.79. The molecule has 0 aliphatic rings. The van der Waals surface area contributed by atoms with Crippen molar-refractivity contribution < 1.29 is 12.6 Å². The maximum Gasteiger partial charge on any atom is 0.339 e. The summed E-state index contributed by atoms with van der Waals surface area (Å²) in [5, 5.41) is 1.84. The van der Waals surface area contributed by atoms with E-state index in [0.29, 0.717) is 4.88 Å². The Morgan fingerprint density at radius 3 is 2.44 bits per heavy atom. The minimum Gasteiger partial charge on any atom is -0.378 e. The van der Waals surface area contributed by atoms with Crippen molar-refractivity contribution in [3.63, 3.8) is 0 Å². The van der Waals surface area contributed by atoms with Crippen molar-refractivity contribution in [2.45, 2.75) is 11.8 Å². The van der Waals surface area contributed by atoms with Crippen molar-refractivity contribution in [1.82, 2.24) is 0 Å². The van der Waals surface area contributed by atoms with E-state index in [1.807, 2.05) is 18.4 Å². The van der Waals surface area contributed by atoms with E-state index in [1.54, 1.807) is 18.2 Å². The standard InChI is InChI=1S/C13H12O3S2/c1-10-5-7-12(8-6-10)18(14,15)16-11(2)13-4-3-9-17-13/h3-9H,2H2,1H3. The van der Waals surface area contributed by atoms with Crippen LogP contribution in [-0.2, 0) is 14.3 Å². The topological polar surface area (TPSA) is 43.4 Å². The third-order valence-corrected chi connectivity index (χ3v) is 4.50. The zero-order chi connectivity index (χ0) is 13.2. The van der Waals surface area contributed by atoms with Crippen LogP contribution in [-0.4, -0.2) is 8.42 Å². The Kier molecular flexibility index (Phi) is 3.54. The molecule has 0 fully saturated rings. The summed E-state index contributed by atoms with van der Waals surface area (Å²) in [6.07, 6.45) is 0. The Hall–Kier alpha value is -1.59. The van der Waals surface area contributed by atoms with Gasteiger partial charge in [0.2, 0.25) is 0 Å². The molecule has 0 radical (unpaired) electrons. The Labute approximate surface area is 110 Å². The lowest BCUT2D eigenvalue weighted by atomic mass is 10.2. The van der Waals surface area contributed by atoms with Crippen LogP contribution in [0.5, 0.6) is 0 Å². The van der Waals surface area contributed by atoms with E-state index in [4.69, 9.17) is 4.18 Å². The van der Waals surface area contributed by atoms with Gasteiger partial charge in [0.1, 0.15) is 4.90 Å². The van der Waals surface area contributed by atoms with Crippen molar-refractivity contribution >= 4 is 27.2 Å². The lowest BCUT2D eigenvalue weighted by molar-refractivity contribution is 0.465. The van der Waals surface area contributed by atoms with Gasteiger partial charge in [-0.3, -0.25) is 0 Å². The summed E-state index contributed by atoms with van der Waals surface area (Å²) in [4.78, 5) is 0.830. The van der Waals surface area contributed by atoms with Gasteiger partial charge in [-0.2, -0.15) is 8.42 Å². The third kappa shape index (κ3) is 2.80. The molecule has 2 rings (SSSR count). The molecular weight excluding hydrogens is 268 g/mol. The molecule has 0 saturated heterocycles. The molecule has 0 atom stereocenters. The average Bonchev–Trinajstić information content (AvgIpc) is 2.82. The lowest BCUT2D eigenvalue weighted by Gasteiger charge is -2.08. The van der Waals surface area contributed by atoms with E-state index in [9.17, 15) is 8.42 Å². The molecule has 1 heterocycles. The molecule has 0 unspecified atom stereocenters. The Bertz CT molecular complexity index is 638. The normalized spacial score (nSPS) is 11.2. The summed E-state index contributed by atoms with van der Waals surface area (Å²) in [5.41, 5.74) is 0.992. The fourth-order valence-corrected chi connectivity index (χ4v) is 2.97. The number of rotatable bonds is 4. The van der Waals surface area contributed by atoms with Crippen LogP contribution in [0.4, 0.5) is 0 Å². The van der Waals surface area contributed by atoms with E-state index in [2.05, 4.69) is 6.58 Å². The van der Waals surface area contributed by atoms with Crippen LogP contribution in [0.1, 0.15) is 10.4 Å². The van der Waals surface area contributed by atoms with Crippen LogP contribution in [0.3, 0.4) is 0 Å². The van der Waals surface area contributed by atoms with Gasteiger partial charge in [0.15, 0.2) is 5.76 Å². The fraction of sp³-hybridized carbons (Fsp3) is 0.0769. The van der Waals surface area contributed by atoms with Crippen LogP contribution >= 0.6 is 11.3 Å². The van der Waals surface area contributed by atoms with Gasteiger partial charge in [-0.25, -0.2) is 0 Å². The summed E-state index contributed by atoms with van der Waals surface area (Å²) in [6, 6.07) is 10.1. The summed E-state index contributed by atoms with van der Waals surface area (Å²) in [6.45, 7) is 5.53. The Morgan fingerprint density at radius 1 is 1.22 bits per heavy atom. The van der Waals surface area contributed by atoms with Gasteiger partial charge in [0, 0.05) is 0 Å². The fourth-order valence-electron chi connectivity index (χ4n) is 1.36. The predicted molar refractivity (Wildman–Crippen MR) is 72.8 cm³/mol. The van der Waals surface area contributed by atoms with Crippen molar-refractivity contribution in [3.8, 4) is 0 Å². The number of hydrogen-bond acceptors (Lipinski definition) is 4. The van der Waals surface area contributed by atoms with Gasteiger partial charge < -0.3 is 4.18 Å². The third-order valence-electron chi connectivity index (χ3n) is 2.32. The molecule has 0 aliphatic heterocycles. The van der Waals surface area contributed by atoms with Crippen LogP contribution < -0.4 is 0 Å². The van der Waals surface area contributed by atoms with Crippen molar-refractivity contribution in [3.05, 3.63) is 58.8 Å². The largest absolute Gasteiger partial charge is 0.378 e. The number of thiophene rings is 1. The highest BCUT2D eigenvalue weighted by molar-refractivity contribution is 7.87. The summed E-state index contributed by atoms with van der Waals surface area (Å²) in [7, 11) is -3.80. The highest BCUT2D eigenvalue weighted by Gasteiger charge is 2.17. The number of benzene rings is 1. The van der Waals surface area contributed by atoms with Crippen molar-refractivity contribution in [1.29, 1.82) is 0 Å². The zero-order valence-corrected chi connectivity index (χ0v) is 11.4. The smallest absolute Gasteiger partial charge is 0.339 e. The summed E-state index contributed by atoms with van der Waals surface area (Å²) >= 11 is 1.38. The molecule has 3 nitrogen and oxygen atoms in total. The lowest BCUT2D eigenvalue weighted by Crippen LogP contribution is -2.04. The summed E-state index contributed by atoms with van der Waals surface area (Å²) < 4.78 is 28.9. The molecule has 0 spiro atoms. The van der Waals surface area contributed by atoms with E-state index >= 15 is 0 Å². The van der Waals surface area contributed by atoms with Gasteiger partial charge in [-0.15, -0.1) is 11.3 Å². The molecule has 18 heavy (non-hydrogen) atoms. The van der Waals surface area contributed by atoms with Gasteiger partial charge in [0.05, 0.1) is 4.88 Å². The maximum atomic E-state index is 12.0. The first kappa shape index (κ1) is 12.9. The molecule has 0 N–H and O–H groups in total. The van der Waals surface area contributed by atoms with E-state index < -0.39 is 10.1 Å². The molecular formula is C13H12O3S2. The summed E-state index contributed by atoms with van der Waals surface area (Å²) in [5.74, 6) is 0.144. The van der Waals surface area contributed by atoms with Gasteiger partial charge in [0.25, 0.3) is 0 Å². The quantitative estimate of drug-likeness (QED) is 0.636. The van der Waals surface area contributed by atoms with Crippen LogP contribution in [0.2, 0.25) is 0 Å². The molecule has 5 heteroatoms. The molecule has 0 amide bonds. The van der Waals surface area contributed by atoms with Crippen LogP contribution in [0.25, 0.3) is 5.76 Å². The molecule has 1 aromatic carbocycles. The number of aryl methyl sites for hydroxylation is 1. The van der Waals surface area contributed by atoms with Crippen LogP contribution in [0, 0.1) is 6.92 Å². The molecule has 94 valence electrons. The van der Waals surface area contributed by atoms with Crippen molar-refractivity contribution in [2.75, 3.05) is 0 Å². The second kappa shape index (κ2) is 4.96. The molecule has 0 aliphatic carbocycles. The monoisotopic (exact) mass is 280 g/mol. The first-order valence-electron chi connectivity index (χ1n) is 5.23. The first-order chi connectivity index (χ1) is 8.49. The SMILES string of the molecule is C=C(OS(=O)(=O)c1ccc(C)cc1)c1cccs1. The van der Waals surface area contributed by atoms with Crippen LogP contribution in [0.15, 0.2) is 53.3 Å². The van der Waals surface area contributed by atoms with Gasteiger partial charge >= 0.3 is 10.1 Å². The van der Waals surface area contributed by atoms with Gasteiger partial charge in [-0.05, 0) is 30.5 Å². The minimum atomic E-state index is -3.80. The van der Waals surface area contributed by atoms with E-state index in [-0.39, 0.29) is 10.7 Å². The maximum absolute atomic E-state index is 12.0. The number of hydrogen-bond donors (Lipinski definition) is 0. The predicted octanol–water partition coefficient (Wildman–Crippen LogP) is 3.43. The average molecular weight is 280 g/mol. The van der Waals surface area contributed by atoms with Gasteiger partial charge in [-0.1, -0.05) is 30.3 Å². The molecule has 0 saturated carbocycles. The Morgan fingerprint density at radius 2 is 1.89 bits per heavy atom. The second-order valence-corrected chi connectivity index (χ2v) is 6.25. The highest BCUT2D eigenvalue weighted by Crippen LogP contribution is 2.24. The molecule has 2 aromatic rings. The second-order valence-electron chi connectivity index (χ2n) is 3.75. The molecule has 1 aromatic heterocycles. The van der Waals surface area contributed by atoms with E-state index in [0.717, 1.165) is 5.56 Å². The van der Waals surface area contributed by atoms with E-state index in [1.165, 1.54) is 23.5 Å². The molecule has 0 bridgehead atoms. The highest BCUT2D eigenvalue weighted by atomic mass is 32.2. The minimum absolute atomic E-state index is 0.130. The van der Waals surface area contributed by atoms with Crippen molar-refractivity contribution in [2.24, 2.45) is 0 Å².